The van der Waals surface area contributed by atoms with Gasteiger partial charge in [0, 0.05) is 31.3 Å². The second-order valence-electron chi connectivity index (χ2n) is 8.70. The number of rotatable bonds is 7. The van der Waals surface area contributed by atoms with Crippen LogP contribution in [0.4, 0.5) is 0 Å². The van der Waals surface area contributed by atoms with Gasteiger partial charge in [-0.05, 0) is 37.7 Å². The molecule has 0 radical (unpaired) electrons. The number of nitrogens with zero attached hydrogens (tertiary/aromatic N) is 3. The fourth-order valence-corrected chi connectivity index (χ4v) is 4.36. The third-order valence-electron chi connectivity index (χ3n) is 6.11. The normalized spacial score (nSPS) is 16.2. The van der Waals surface area contributed by atoms with E-state index < -0.39 is 0 Å². The van der Waals surface area contributed by atoms with Gasteiger partial charge in [-0.15, -0.1) is 0 Å². The van der Waals surface area contributed by atoms with Crippen molar-refractivity contribution >= 4 is 11.8 Å². The van der Waals surface area contributed by atoms with Crippen molar-refractivity contribution in [3.63, 3.8) is 0 Å². The van der Waals surface area contributed by atoms with Crippen LogP contribution in [0, 0.1) is 12.8 Å². The third kappa shape index (κ3) is 5.25. The lowest BCUT2D eigenvalue weighted by atomic mass is 9.92. The molecular weight excluding hydrogens is 400 g/mol. The Bertz CT molecular complexity index is 1070. The van der Waals surface area contributed by atoms with Crippen molar-refractivity contribution in [1.29, 1.82) is 0 Å². The first-order valence-electron chi connectivity index (χ1n) is 11.3. The molecule has 6 nitrogen and oxygen atoms in total. The first-order valence-corrected chi connectivity index (χ1v) is 11.3. The average Bonchev–Trinajstić information content (AvgIpc) is 3.22. The van der Waals surface area contributed by atoms with Crippen molar-refractivity contribution < 1.29 is 9.59 Å². The van der Waals surface area contributed by atoms with Gasteiger partial charge in [-0.25, -0.2) is 0 Å². The topological polar surface area (TPSA) is 81.2 Å². The number of amides is 2. The molecule has 1 unspecified atom stereocenters. The van der Waals surface area contributed by atoms with Crippen molar-refractivity contribution in [2.75, 3.05) is 13.1 Å². The maximum absolute atomic E-state index is 13.6. The molecule has 0 aliphatic carbocycles. The summed E-state index contributed by atoms with van der Waals surface area (Å²) in [5, 5.41) is 4.81. The lowest BCUT2D eigenvalue weighted by Crippen LogP contribution is -2.40. The van der Waals surface area contributed by atoms with E-state index in [1.807, 2.05) is 65.2 Å². The summed E-state index contributed by atoms with van der Waals surface area (Å²) in [6, 6.07) is 18.2. The van der Waals surface area contributed by atoms with Crippen molar-refractivity contribution in [2.45, 2.75) is 39.2 Å². The highest BCUT2D eigenvalue weighted by Gasteiger charge is 2.28. The number of hydrogen-bond acceptors (Lipinski definition) is 3. The molecule has 1 aliphatic rings. The number of piperidine rings is 1. The summed E-state index contributed by atoms with van der Waals surface area (Å²) in [5.41, 5.74) is 9.90. The summed E-state index contributed by atoms with van der Waals surface area (Å²) in [6.45, 7) is 4.03. The van der Waals surface area contributed by atoms with E-state index in [1.165, 1.54) is 5.56 Å². The zero-order valence-corrected chi connectivity index (χ0v) is 18.5. The highest BCUT2D eigenvalue weighted by atomic mass is 16.2. The van der Waals surface area contributed by atoms with Crippen LogP contribution < -0.4 is 5.73 Å². The van der Waals surface area contributed by atoms with Crippen LogP contribution in [0.3, 0.4) is 0 Å². The van der Waals surface area contributed by atoms with Crippen molar-refractivity contribution in [1.82, 2.24) is 14.7 Å². The number of nitrogens with two attached hydrogens (primary N) is 1. The van der Waals surface area contributed by atoms with Crippen LogP contribution in [-0.4, -0.2) is 39.6 Å². The van der Waals surface area contributed by atoms with Gasteiger partial charge in [0.05, 0.1) is 12.1 Å². The SMILES string of the molecule is Cc1ccc(-c2nn(Cc3ccccc3)cc2C(=O)N2CCCC(CCC(N)=O)C2)cc1. The summed E-state index contributed by atoms with van der Waals surface area (Å²) in [6.07, 6.45) is 4.94. The fourth-order valence-electron chi connectivity index (χ4n) is 4.36. The summed E-state index contributed by atoms with van der Waals surface area (Å²) >= 11 is 0. The average molecular weight is 431 g/mol. The highest BCUT2D eigenvalue weighted by molar-refractivity contribution is 5.99. The monoisotopic (exact) mass is 430 g/mol. The van der Waals surface area contributed by atoms with E-state index in [0.29, 0.717) is 36.7 Å². The van der Waals surface area contributed by atoms with E-state index in [2.05, 4.69) is 12.1 Å². The van der Waals surface area contributed by atoms with Gasteiger partial charge in [0.15, 0.2) is 0 Å². The molecule has 2 N–H and O–H groups in total. The third-order valence-corrected chi connectivity index (χ3v) is 6.11. The Hall–Kier alpha value is -3.41. The smallest absolute Gasteiger partial charge is 0.257 e. The van der Waals surface area contributed by atoms with Gasteiger partial charge in [-0.2, -0.15) is 5.10 Å². The largest absolute Gasteiger partial charge is 0.370 e. The van der Waals surface area contributed by atoms with E-state index in [4.69, 9.17) is 10.8 Å². The predicted molar refractivity (Wildman–Crippen MR) is 125 cm³/mol. The first-order chi connectivity index (χ1) is 15.5. The van der Waals surface area contributed by atoms with Gasteiger partial charge in [0.25, 0.3) is 5.91 Å². The second kappa shape index (κ2) is 9.81. The van der Waals surface area contributed by atoms with Gasteiger partial charge in [-0.3, -0.25) is 14.3 Å². The molecule has 32 heavy (non-hydrogen) atoms. The molecule has 166 valence electrons. The van der Waals surface area contributed by atoms with E-state index >= 15 is 0 Å². The summed E-state index contributed by atoms with van der Waals surface area (Å²) in [7, 11) is 0. The Balaban J connectivity index is 1.61. The van der Waals surface area contributed by atoms with Crippen LogP contribution in [0.2, 0.25) is 0 Å². The molecule has 0 spiro atoms. The van der Waals surface area contributed by atoms with E-state index in [1.54, 1.807) is 0 Å². The van der Waals surface area contributed by atoms with Crippen molar-refractivity contribution in [3.8, 4) is 11.3 Å². The molecule has 4 rings (SSSR count). The molecule has 1 aromatic heterocycles. The zero-order valence-electron chi connectivity index (χ0n) is 18.5. The summed E-state index contributed by atoms with van der Waals surface area (Å²) < 4.78 is 1.85. The molecule has 0 saturated carbocycles. The Morgan fingerprint density at radius 1 is 1.09 bits per heavy atom. The molecule has 1 saturated heterocycles. The van der Waals surface area contributed by atoms with Gasteiger partial charge in [0.1, 0.15) is 5.69 Å². The lowest BCUT2D eigenvalue weighted by molar-refractivity contribution is -0.118. The number of primary amides is 1. The number of hydrogen-bond donors (Lipinski definition) is 1. The quantitative estimate of drug-likeness (QED) is 0.615. The van der Waals surface area contributed by atoms with Crippen LogP contribution >= 0.6 is 0 Å². The Morgan fingerprint density at radius 3 is 2.56 bits per heavy atom. The predicted octanol–water partition coefficient (Wildman–Crippen LogP) is 4.02. The lowest BCUT2D eigenvalue weighted by Gasteiger charge is -2.32. The molecule has 2 aromatic carbocycles. The summed E-state index contributed by atoms with van der Waals surface area (Å²) in [4.78, 5) is 26.7. The minimum absolute atomic E-state index is 0.00339. The molecule has 1 aliphatic heterocycles. The number of carbonyl (C=O) groups is 2. The van der Waals surface area contributed by atoms with Crippen molar-refractivity contribution in [2.24, 2.45) is 11.7 Å². The van der Waals surface area contributed by atoms with Crippen LogP contribution in [0.5, 0.6) is 0 Å². The number of carbonyl (C=O) groups excluding carboxylic acids is 2. The minimum atomic E-state index is -0.280. The molecule has 0 bridgehead atoms. The first kappa shape index (κ1) is 21.8. The van der Waals surface area contributed by atoms with E-state index in [0.717, 1.165) is 36.9 Å². The van der Waals surface area contributed by atoms with Crippen molar-refractivity contribution in [3.05, 3.63) is 77.5 Å². The molecule has 1 fully saturated rings. The van der Waals surface area contributed by atoms with Crippen LogP contribution in [0.15, 0.2) is 60.8 Å². The molecule has 2 amide bonds. The highest BCUT2D eigenvalue weighted by Crippen LogP contribution is 2.27. The molecule has 2 heterocycles. The van der Waals surface area contributed by atoms with Gasteiger partial charge in [-0.1, -0.05) is 60.2 Å². The Labute approximate surface area is 189 Å². The maximum Gasteiger partial charge on any atom is 0.257 e. The molecule has 1 atom stereocenters. The minimum Gasteiger partial charge on any atom is -0.370 e. The molecule has 6 heteroatoms. The second-order valence-corrected chi connectivity index (χ2v) is 8.70. The maximum atomic E-state index is 13.6. The van der Waals surface area contributed by atoms with E-state index in [9.17, 15) is 9.59 Å². The van der Waals surface area contributed by atoms with Crippen LogP contribution in [0.25, 0.3) is 11.3 Å². The number of benzene rings is 2. The Kier molecular flexibility index (Phi) is 6.69. The van der Waals surface area contributed by atoms with Crippen LogP contribution in [0.1, 0.15) is 47.2 Å². The molecule has 3 aromatic rings. The number of likely N-dealkylation sites (tertiary alicyclic amines) is 1. The Morgan fingerprint density at radius 2 is 1.84 bits per heavy atom. The number of aromatic nitrogens is 2. The number of aryl methyl sites for hydroxylation is 1. The van der Waals surface area contributed by atoms with Gasteiger partial charge < -0.3 is 10.6 Å². The standard InChI is InChI=1S/C26H30N4O2/c1-19-9-12-22(13-10-19)25-23(18-30(28-25)17-20-6-3-2-4-7-20)26(32)29-15-5-8-21(16-29)11-14-24(27)31/h2-4,6-7,9-10,12-13,18,21H,5,8,11,14-17H2,1H3,(H2,27,31). The zero-order chi connectivity index (χ0) is 22.5. The fraction of sp³-hybridized carbons (Fsp3) is 0.346. The van der Waals surface area contributed by atoms with Gasteiger partial charge >= 0.3 is 0 Å². The van der Waals surface area contributed by atoms with Gasteiger partial charge in [0.2, 0.25) is 5.91 Å². The molecular formula is C26H30N4O2. The van der Waals surface area contributed by atoms with Crippen LogP contribution in [-0.2, 0) is 11.3 Å². The summed E-state index contributed by atoms with van der Waals surface area (Å²) in [5.74, 6) is 0.0309. The van der Waals surface area contributed by atoms with E-state index in [-0.39, 0.29) is 11.8 Å².